The Morgan fingerprint density at radius 3 is 2.55 bits per heavy atom. The van der Waals surface area contributed by atoms with Crippen molar-refractivity contribution < 1.29 is 18.3 Å². The second-order valence-electron chi connectivity index (χ2n) is 9.27. The molecule has 0 aliphatic carbocycles. The van der Waals surface area contributed by atoms with Gasteiger partial charge >= 0.3 is 0 Å². The molecule has 0 radical (unpaired) electrons. The maximum absolute atomic E-state index is 15.2. The molecule has 10 heteroatoms. The number of Topliss-reactive ketones (excluding diaryl/α,β-unsaturated/α-hetero) is 1. The van der Waals surface area contributed by atoms with Crippen molar-refractivity contribution >= 4 is 22.6 Å². The summed E-state index contributed by atoms with van der Waals surface area (Å²) >= 11 is 1.57. The van der Waals surface area contributed by atoms with Crippen molar-refractivity contribution in [1.82, 2.24) is 19.0 Å². The van der Waals surface area contributed by atoms with Crippen molar-refractivity contribution in [2.75, 3.05) is 0 Å². The molecule has 4 heterocycles. The molecule has 4 aromatic heterocycles. The Labute approximate surface area is 231 Å². The lowest BCUT2D eigenvalue weighted by atomic mass is 10.0. The van der Waals surface area contributed by atoms with Crippen molar-refractivity contribution in [2.24, 2.45) is 7.05 Å². The van der Waals surface area contributed by atoms with Crippen LogP contribution in [0.25, 0.3) is 22.3 Å². The van der Waals surface area contributed by atoms with E-state index in [1.54, 1.807) is 52.8 Å². The standard InChI is InChI=1S/C30H22F2N4O3S/c1-18-28(30(38)36(34(18)2)22-6-4-21(31)5-7-22)25(37)16-19-3-8-26(24(32)15-19)39-27-9-12-33-35-13-10-23(29(27)35)20-11-14-40-17-20/h3-15,17H,16H2,1-2H3. The lowest BCUT2D eigenvalue weighted by molar-refractivity contribution is 0.0991. The van der Waals surface area contributed by atoms with E-state index in [1.165, 1.54) is 41.1 Å². The van der Waals surface area contributed by atoms with Crippen molar-refractivity contribution in [3.63, 3.8) is 0 Å². The molecule has 0 amide bonds. The van der Waals surface area contributed by atoms with E-state index < -0.39 is 23.0 Å². The van der Waals surface area contributed by atoms with Gasteiger partial charge in [-0.3, -0.25) is 14.3 Å². The largest absolute Gasteiger partial charge is 0.452 e. The molecule has 0 N–H and O–H groups in total. The molecule has 0 atom stereocenters. The SMILES string of the molecule is Cc1c(C(=O)Cc2ccc(Oc3ccnn4ccc(-c5ccsc5)c34)c(F)c2)c(=O)n(-c2ccc(F)cc2)n1C. The highest BCUT2D eigenvalue weighted by Crippen LogP contribution is 2.35. The molecule has 0 fully saturated rings. The smallest absolute Gasteiger partial charge is 0.282 e. The number of fused-ring (bicyclic) bond motifs is 1. The lowest BCUT2D eigenvalue weighted by Gasteiger charge is -2.11. The molecule has 0 saturated heterocycles. The van der Waals surface area contributed by atoms with Crippen LogP contribution in [0.5, 0.6) is 11.5 Å². The van der Waals surface area contributed by atoms with E-state index in [2.05, 4.69) is 5.10 Å². The number of ether oxygens (including phenoxy) is 1. The Hall–Kier alpha value is -4.83. The number of hydrogen-bond donors (Lipinski definition) is 0. The minimum absolute atomic E-state index is 0.000861. The van der Waals surface area contributed by atoms with Crippen LogP contribution >= 0.6 is 11.3 Å². The third kappa shape index (κ3) is 4.42. The van der Waals surface area contributed by atoms with Gasteiger partial charge in [0, 0.05) is 37.0 Å². The molecule has 0 bridgehead atoms. The first-order chi connectivity index (χ1) is 19.3. The predicted molar refractivity (Wildman–Crippen MR) is 149 cm³/mol. The zero-order valence-corrected chi connectivity index (χ0v) is 22.3. The van der Waals surface area contributed by atoms with Gasteiger partial charge in [0.05, 0.1) is 11.9 Å². The number of halogens is 2. The van der Waals surface area contributed by atoms with Gasteiger partial charge in [0.15, 0.2) is 23.1 Å². The van der Waals surface area contributed by atoms with Crippen molar-refractivity contribution in [3.05, 3.63) is 123 Å². The topological polar surface area (TPSA) is 70.5 Å². The summed E-state index contributed by atoms with van der Waals surface area (Å²) in [4.78, 5) is 26.4. The second kappa shape index (κ2) is 10.0. The molecule has 6 aromatic rings. The number of carbonyl (C=O) groups is 1. The molecule has 0 saturated carbocycles. The maximum Gasteiger partial charge on any atom is 0.282 e. The highest BCUT2D eigenvalue weighted by Gasteiger charge is 2.23. The highest BCUT2D eigenvalue weighted by molar-refractivity contribution is 7.08. The Kier molecular flexibility index (Phi) is 6.39. The normalized spacial score (nSPS) is 11.3. The Morgan fingerprint density at radius 1 is 1.02 bits per heavy atom. The van der Waals surface area contributed by atoms with Gasteiger partial charge in [-0.1, -0.05) is 6.07 Å². The summed E-state index contributed by atoms with van der Waals surface area (Å²) in [5.41, 5.74) is 3.39. The average molecular weight is 557 g/mol. The summed E-state index contributed by atoms with van der Waals surface area (Å²) in [7, 11) is 1.65. The Morgan fingerprint density at radius 2 is 1.82 bits per heavy atom. The van der Waals surface area contributed by atoms with Crippen LogP contribution in [0.2, 0.25) is 0 Å². The summed E-state index contributed by atoms with van der Waals surface area (Å²) < 4.78 is 39.1. The molecule has 200 valence electrons. The van der Waals surface area contributed by atoms with Crippen molar-refractivity contribution in [1.29, 1.82) is 0 Å². The minimum Gasteiger partial charge on any atom is -0.452 e. The van der Waals surface area contributed by atoms with Crippen LogP contribution in [0.4, 0.5) is 8.78 Å². The summed E-state index contributed by atoms with van der Waals surface area (Å²) in [5.74, 6) is -1.09. The number of ketones is 1. The number of carbonyl (C=O) groups excluding carboxylic acids is 1. The first-order valence-electron chi connectivity index (χ1n) is 12.3. The molecule has 40 heavy (non-hydrogen) atoms. The van der Waals surface area contributed by atoms with Gasteiger partial charge in [-0.2, -0.15) is 16.4 Å². The zero-order chi connectivity index (χ0) is 28.0. The van der Waals surface area contributed by atoms with Gasteiger partial charge in [-0.25, -0.2) is 18.0 Å². The zero-order valence-electron chi connectivity index (χ0n) is 21.5. The monoisotopic (exact) mass is 556 g/mol. The van der Waals surface area contributed by atoms with Crippen LogP contribution in [0.15, 0.2) is 88.6 Å². The fraction of sp³-hybridized carbons (Fsp3) is 0.100. The van der Waals surface area contributed by atoms with E-state index >= 15 is 4.39 Å². The van der Waals surface area contributed by atoms with Crippen LogP contribution in [-0.2, 0) is 13.5 Å². The van der Waals surface area contributed by atoms with E-state index in [4.69, 9.17) is 4.74 Å². The highest BCUT2D eigenvalue weighted by atomic mass is 32.1. The molecule has 6 rings (SSSR count). The maximum atomic E-state index is 15.2. The van der Waals surface area contributed by atoms with Gasteiger partial charge in [0.25, 0.3) is 5.56 Å². The van der Waals surface area contributed by atoms with E-state index in [1.807, 2.05) is 29.1 Å². The third-order valence-corrected chi connectivity index (χ3v) is 7.52. The average Bonchev–Trinajstić information content (AvgIpc) is 3.66. The summed E-state index contributed by atoms with van der Waals surface area (Å²) in [6, 6.07) is 15.3. The Bertz CT molecular complexity index is 1940. The fourth-order valence-electron chi connectivity index (χ4n) is 4.78. The third-order valence-electron chi connectivity index (χ3n) is 6.83. The summed E-state index contributed by atoms with van der Waals surface area (Å²) in [6.07, 6.45) is 3.21. The van der Waals surface area contributed by atoms with E-state index in [0.717, 1.165) is 11.1 Å². The molecule has 7 nitrogen and oxygen atoms in total. The molecule has 0 spiro atoms. The molecular formula is C30H22F2N4O3S. The van der Waals surface area contributed by atoms with Crippen LogP contribution in [0.1, 0.15) is 21.6 Å². The Balaban J connectivity index is 1.27. The molecule has 2 aromatic carbocycles. The van der Waals surface area contributed by atoms with E-state index in [0.29, 0.717) is 28.2 Å². The number of hydrogen-bond acceptors (Lipinski definition) is 5. The van der Waals surface area contributed by atoms with Crippen LogP contribution in [0.3, 0.4) is 0 Å². The predicted octanol–water partition coefficient (Wildman–Crippen LogP) is 6.36. The van der Waals surface area contributed by atoms with E-state index in [9.17, 15) is 14.0 Å². The van der Waals surface area contributed by atoms with Gasteiger partial charge in [0.2, 0.25) is 0 Å². The first kappa shape index (κ1) is 25.4. The van der Waals surface area contributed by atoms with Gasteiger partial charge in [0.1, 0.15) is 16.9 Å². The number of thiophene rings is 1. The van der Waals surface area contributed by atoms with Gasteiger partial charge in [-0.15, -0.1) is 0 Å². The van der Waals surface area contributed by atoms with E-state index in [-0.39, 0.29) is 17.7 Å². The second-order valence-corrected chi connectivity index (χ2v) is 10.1. The van der Waals surface area contributed by atoms with Gasteiger partial charge < -0.3 is 4.74 Å². The number of aromatic nitrogens is 4. The number of benzene rings is 2. The summed E-state index contributed by atoms with van der Waals surface area (Å²) in [5, 5.41) is 8.31. The minimum atomic E-state index is -0.641. The van der Waals surface area contributed by atoms with Gasteiger partial charge in [-0.05, 0) is 77.3 Å². The molecular weight excluding hydrogens is 534 g/mol. The van der Waals surface area contributed by atoms with Crippen molar-refractivity contribution in [3.8, 4) is 28.3 Å². The number of nitrogens with zero attached hydrogens (tertiary/aromatic N) is 4. The fourth-order valence-corrected chi connectivity index (χ4v) is 5.44. The lowest BCUT2D eigenvalue weighted by Crippen LogP contribution is -2.23. The summed E-state index contributed by atoms with van der Waals surface area (Å²) in [6.45, 7) is 1.66. The van der Waals surface area contributed by atoms with Crippen LogP contribution < -0.4 is 10.3 Å². The molecule has 0 aliphatic heterocycles. The quantitative estimate of drug-likeness (QED) is 0.215. The van der Waals surface area contributed by atoms with Crippen molar-refractivity contribution in [2.45, 2.75) is 13.3 Å². The number of rotatable bonds is 7. The first-order valence-corrected chi connectivity index (χ1v) is 13.3. The van der Waals surface area contributed by atoms with Crippen LogP contribution in [-0.4, -0.2) is 24.8 Å². The van der Waals surface area contributed by atoms with Crippen LogP contribution in [0, 0.1) is 18.6 Å². The molecule has 0 aliphatic rings. The molecule has 0 unspecified atom stereocenters.